The van der Waals surface area contributed by atoms with E-state index in [0.29, 0.717) is 0 Å². The summed E-state index contributed by atoms with van der Waals surface area (Å²) in [5, 5.41) is 8.60. The molecule has 1 aromatic carbocycles. The van der Waals surface area contributed by atoms with Crippen LogP contribution in [-0.4, -0.2) is 0 Å². The number of allylic oxidation sites excluding steroid dienone is 2. The molecule has 0 spiro atoms. The second kappa shape index (κ2) is 5.24. The van der Waals surface area contributed by atoms with E-state index in [0.717, 1.165) is 24.0 Å². The van der Waals surface area contributed by atoms with E-state index < -0.39 is 0 Å². The van der Waals surface area contributed by atoms with Crippen LogP contribution in [-0.2, 0) is 6.42 Å². The molecule has 72 valence electrons. The summed E-state index contributed by atoms with van der Waals surface area (Å²) in [5.41, 5.74) is 3.60. The van der Waals surface area contributed by atoms with Gasteiger partial charge in [0.05, 0.1) is 6.07 Å². The maximum absolute atomic E-state index is 8.60. The van der Waals surface area contributed by atoms with Gasteiger partial charge in [-0.05, 0) is 29.5 Å². The van der Waals surface area contributed by atoms with Crippen LogP contribution in [0.1, 0.15) is 31.4 Å². The van der Waals surface area contributed by atoms with Gasteiger partial charge in [-0.1, -0.05) is 38.1 Å². The predicted octanol–water partition coefficient (Wildman–Crippen LogP) is 3.57. The molecule has 0 aliphatic heterocycles. The van der Waals surface area contributed by atoms with Crippen LogP contribution in [0.25, 0.3) is 5.57 Å². The number of rotatable bonds is 3. The highest BCUT2D eigenvalue weighted by Gasteiger charge is 1.98. The maximum atomic E-state index is 8.60. The van der Waals surface area contributed by atoms with Crippen molar-refractivity contribution in [3.63, 3.8) is 0 Å². The number of aryl methyl sites for hydroxylation is 1. The Bertz CT molecular complexity index is 352. The summed E-state index contributed by atoms with van der Waals surface area (Å²) in [4.78, 5) is 0. The second-order valence-electron chi connectivity index (χ2n) is 3.20. The van der Waals surface area contributed by atoms with Crippen LogP contribution in [0.15, 0.2) is 30.3 Å². The summed E-state index contributed by atoms with van der Waals surface area (Å²) in [6.07, 6.45) is 3.59. The number of hydrogen-bond acceptors (Lipinski definition) is 1. The van der Waals surface area contributed by atoms with E-state index in [4.69, 9.17) is 5.26 Å². The third kappa shape index (κ3) is 2.47. The summed E-state index contributed by atoms with van der Waals surface area (Å²) in [6, 6.07) is 10.5. The van der Waals surface area contributed by atoms with Crippen molar-refractivity contribution in [2.75, 3.05) is 0 Å². The first kappa shape index (κ1) is 10.5. The smallest absolute Gasteiger partial charge is 0.0915 e. The molecule has 1 rings (SSSR count). The minimum atomic E-state index is 0.902. The van der Waals surface area contributed by atoms with Crippen LogP contribution in [0.3, 0.4) is 0 Å². The molecule has 1 aromatic rings. The Morgan fingerprint density at radius 3 is 2.36 bits per heavy atom. The Kier molecular flexibility index (Phi) is 3.94. The molecule has 0 aliphatic rings. The van der Waals surface area contributed by atoms with Crippen LogP contribution in [0.5, 0.6) is 0 Å². The van der Waals surface area contributed by atoms with Crippen LogP contribution >= 0.6 is 0 Å². The molecule has 1 heteroatoms. The van der Waals surface area contributed by atoms with Gasteiger partial charge in [0, 0.05) is 6.08 Å². The van der Waals surface area contributed by atoms with Gasteiger partial charge in [-0.25, -0.2) is 0 Å². The SMILES string of the molecule is CCC(=CC#N)c1ccc(CC)cc1. The maximum Gasteiger partial charge on any atom is 0.0915 e. The molecule has 0 aromatic heterocycles. The van der Waals surface area contributed by atoms with Gasteiger partial charge in [0.15, 0.2) is 0 Å². The van der Waals surface area contributed by atoms with Gasteiger partial charge in [-0.3, -0.25) is 0 Å². The molecule has 0 saturated heterocycles. The van der Waals surface area contributed by atoms with Gasteiger partial charge >= 0.3 is 0 Å². The van der Waals surface area contributed by atoms with Crippen molar-refractivity contribution in [2.24, 2.45) is 0 Å². The molecule has 0 saturated carbocycles. The minimum Gasteiger partial charge on any atom is -0.193 e. The fourth-order valence-electron chi connectivity index (χ4n) is 1.42. The Balaban J connectivity index is 2.96. The first-order valence-electron chi connectivity index (χ1n) is 4.99. The highest BCUT2D eigenvalue weighted by atomic mass is 14.2. The standard InChI is InChI=1S/C13H15N/c1-3-11-5-7-13(8-6-11)12(4-2)9-10-14/h5-9H,3-4H2,1-2H3. The highest BCUT2D eigenvalue weighted by molar-refractivity contribution is 5.67. The van der Waals surface area contributed by atoms with Gasteiger partial charge in [0.2, 0.25) is 0 Å². The summed E-state index contributed by atoms with van der Waals surface area (Å²) < 4.78 is 0. The van der Waals surface area contributed by atoms with E-state index >= 15 is 0 Å². The summed E-state index contributed by atoms with van der Waals surface area (Å²) in [6.45, 7) is 4.21. The summed E-state index contributed by atoms with van der Waals surface area (Å²) in [7, 11) is 0. The van der Waals surface area contributed by atoms with E-state index in [1.807, 2.05) is 0 Å². The Morgan fingerprint density at radius 2 is 1.93 bits per heavy atom. The van der Waals surface area contributed by atoms with Crippen molar-refractivity contribution in [3.8, 4) is 6.07 Å². The number of nitrogens with zero attached hydrogens (tertiary/aromatic N) is 1. The van der Waals surface area contributed by atoms with Crippen molar-refractivity contribution in [1.82, 2.24) is 0 Å². The van der Waals surface area contributed by atoms with Crippen LogP contribution < -0.4 is 0 Å². The van der Waals surface area contributed by atoms with Gasteiger partial charge in [0.25, 0.3) is 0 Å². The Hall–Kier alpha value is -1.55. The van der Waals surface area contributed by atoms with Crippen LogP contribution in [0.2, 0.25) is 0 Å². The lowest BCUT2D eigenvalue weighted by Crippen LogP contribution is -1.84. The molecular formula is C13H15N. The third-order valence-corrected chi connectivity index (χ3v) is 2.35. The lowest BCUT2D eigenvalue weighted by atomic mass is 10.0. The van der Waals surface area contributed by atoms with Gasteiger partial charge in [-0.15, -0.1) is 0 Å². The van der Waals surface area contributed by atoms with Gasteiger partial charge in [-0.2, -0.15) is 5.26 Å². The molecule has 0 bridgehead atoms. The molecule has 0 fully saturated rings. The number of benzene rings is 1. The van der Waals surface area contributed by atoms with Crippen molar-refractivity contribution < 1.29 is 0 Å². The third-order valence-electron chi connectivity index (χ3n) is 2.35. The van der Waals surface area contributed by atoms with Crippen LogP contribution in [0.4, 0.5) is 0 Å². The summed E-state index contributed by atoms with van der Waals surface area (Å²) >= 11 is 0. The average molecular weight is 185 g/mol. The van der Waals surface area contributed by atoms with E-state index in [-0.39, 0.29) is 0 Å². The van der Waals surface area contributed by atoms with Crippen LogP contribution in [0, 0.1) is 11.3 Å². The van der Waals surface area contributed by atoms with Crippen molar-refractivity contribution in [1.29, 1.82) is 5.26 Å². The topological polar surface area (TPSA) is 23.8 Å². The van der Waals surface area contributed by atoms with E-state index in [2.05, 4.69) is 44.2 Å². The minimum absolute atomic E-state index is 0.902. The quantitative estimate of drug-likeness (QED) is 0.660. The largest absolute Gasteiger partial charge is 0.193 e. The first-order valence-corrected chi connectivity index (χ1v) is 4.99. The van der Waals surface area contributed by atoms with Crippen molar-refractivity contribution in [2.45, 2.75) is 26.7 Å². The Labute approximate surface area is 85.7 Å². The number of nitriles is 1. The molecule has 1 nitrogen and oxygen atoms in total. The molecule has 14 heavy (non-hydrogen) atoms. The van der Waals surface area contributed by atoms with E-state index in [1.165, 1.54) is 5.56 Å². The first-order chi connectivity index (χ1) is 6.81. The van der Waals surface area contributed by atoms with Gasteiger partial charge in [0.1, 0.15) is 0 Å². The molecule has 0 amide bonds. The van der Waals surface area contributed by atoms with Crippen molar-refractivity contribution >= 4 is 5.57 Å². The normalized spacial score (nSPS) is 11.1. The zero-order valence-corrected chi connectivity index (χ0v) is 8.75. The van der Waals surface area contributed by atoms with E-state index in [1.54, 1.807) is 6.08 Å². The fraction of sp³-hybridized carbons (Fsp3) is 0.308. The van der Waals surface area contributed by atoms with Crippen molar-refractivity contribution in [3.05, 3.63) is 41.5 Å². The molecule has 0 unspecified atom stereocenters. The predicted molar refractivity (Wildman–Crippen MR) is 59.7 cm³/mol. The zero-order valence-electron chi connectivity index (χ0n) is 8.75. The van der Waals surface area contributed by atoms with Gasteiger partial charge < -0.3 is 0 Å². The molecule has 0 N–H and O–H groups in total. The highest BCUT2D eigenvalue weighted by Crippen LogP contribution is 2.18. The molecule has 0 aliphatic carbocycles. The van der Waals surface area contributed by atoms with E-state index in [9.17, 15) is 0 Å². The molecular weight excluding hydrogens is 170 g/mol. The Morgan fingerprint density at radius 1 is 1.29 bits per heavy atom. The molecule has 0 radical (unpaired) electrons. The average Bonchev–Trinajstić information content (AvgIpc) is 2.26. The second-order valence-corrected chi connectivity index (χ2v) is 3.20. The lowest BCUT2D eigenvalue weighted by molar-refractivity contribution is 1.14. The molecule has 0 heterocycles. The summed E-state index contributed by atoms with van der Waals surface area (Å²) in [5.74, 6) is 0. The lowest BCUT2D eigenvalue weighted by Gasteiger charge is -2.04. The molecule has 0 atom stereocenters. The fourth-order valence-corrected chi connectivity index (χ4v) is 1.42. The monoisotopic (exact) mass is 185 g/mol. The zero-order chi connectivity index (χ0) is 10.4. The number of hydrogen-bond donors (Lipinski definition) is 0.